The number of nitrogen functional groups attached to an aromatic ring is 2. The van der Waals surface area contributed by atoms with Gasteiger partial charge in [-0.15, -0.1) is 0 Å². The molecule has 0 fully saturated rings. The van der Waals surface area contributed by atoms with Crippen LogP contribution in [0.15, 0.2) is 47.1 Å². The van der Waals surface area contributed by atoms with E-state index in [1.807, 2.05) is 34.7 Å². The van der Waals surface area contributed by atoms with Crippen molar-refractivity contribution >= 4 is 57.1 Å². The summed E-state index contributed by atoms with van der Waals surface area (Å²) in [6.45, 7) is 11.9. The van der Waals surface area contributed by atoms with E-state index in [4.69, 9.17) is 71.1 Å². The number of aromatic nitrogens is 5. The van der Waals surface area contributed by atoms with Gasteiger partial charge in [-0.2, -0.15) is 10.1 Å². The zero-order valence-corrected chi connectivity index (χ0v) is 36.7. The van der Waals surface area contributed by atoms with Crippen molar-refractivity contribution in [3.8, 4) is 11.3 Å². The minimum Gasteiger partial charge on any atom is -0.424 e. The van der Waals surface area contributed by atoms with Crippen LogP contribution in [-0.2, 0) is 62.2 Å². The summed E-state index contributed by atoms with van der Waals surface area (Å²) in [5.41, 5.74) is 18.8. The molecule has 1 amide bonds. The average molecular weight is 894 g/mol. The molecule has 4 heterocycles. The molecule has 19 nitrogen and oxygen atoms in total. The molecule has 20 heteroatoms. The normalized spacial score (nSPS) is 12.7. The number of oxazole rings is 1. The molecule has 3 aromatic heterocycles. The van der Waals surface area contributed by atoms with Crippen LogP contribution in [-0.4, -0.2) is 159 Å². The highest BCUT2D eigenvalue weighted by atomic mass is 32.1. The van der Waals surface area contributed by atoms with Crippen LogP contribution in [0, 0.1) is 0 Å². The fraction of sp³-hybridized carbons (Fsp3) is 0.535. The Morgan fingerprint density at radius 1 is 0.762 bits per heavy atom. The first-order valence-electron chi connectivity index (χ1n) is 21.2. The number of anilines is 2. The van der Waals surface area contributed by atoms with Crippen molar-refractivity contribution in [2.24, 2.45) is 0 Å². The summed E-state index contributed by atoms with van der Waals surface area (Å²) in [5.74, 6) is 0.408. The summed E-state index contributed by atoms with van der Waals surface area (Å²) in [5, 5.41) is 8.62. The van der Waals surface area contributed by atoms with Crippen molar-refractivity contribution in [1.29, 1.82) is 0 Å². The highest BCUT2D eigenvalue weighted by Crippen LogP contribution is 2.33. The van der Waals surface area contributed by atoms with E-state index in [1.165, 1.54) is 11.9 Å². The average Bonchev–Trinajstić information content (AvgIpc) is 3.85. The zero-order valence-electron chi connectivity index (χ0n) is 35.9. The van der Waals surface area contributed by atoms with Crippen LogP contribution < -0.4 is 16.8 Å². The lowest BCUT2D eigenvalue weighted by Gasteiger charge is -2.29. The molecule has 0 aliphatic carbocycles. The molecule has 1 aliphatic rings. The van der Waals surface area contributed by atoms with Crippen molar-refractivity contribution in [2.45, 2.75) is 32.9 Å². The molecule has 0 spiro atoms. The minimum absolute atomic E-state index is 0.0684. The summed E-state index contributed by atoms with van der Waals surface area (Å²) < 4.78 is 51.5. The minimum atomic E-state index is 0.0684. The number of carbonyl (C=O) groups is 1. The molecular formula is C43H59N9O10S. The van der Waals surface area contributed by atoms with Crippen molar-refractivity contribution < 1.29 is 47.1 Å². The van der Waals surface area contributed by atoms with E-state index in [1.54, 1.807) is 0 Å². The van der Waals surface area contributed by atoms with Crippen molar-refractivity contribution in [3.05, 3.63) is 59.4 Å². The number of nitrogens with one attached hydrogen (secondary N) is 1. The quantitative estimate of drug-likeness (QED) is 0.0444. The SMILES string of the molecule is CC(=S)NCCOCCOCCOCCOCCOCCOCCOCCOCCC(=O)N1CCc2cc(Cn3nc(-c4ccc5oc(N)nc5c4)c4c(N)ncnc43)ccc2C1. The van der Waals surface area contributed by atoms with Crippen LogP contribution in [0.1, 0.15) is 30.0 Å². The number of hydrogen-bond acceptors (Lipinski definition) is 17. The first kappa shape index (κ1) is 47.6. The van der Waals surface area contributed by atoms with Crippen LogP contribution >= 0.6 is 12.2 Å². The number of amides is 1. The number of fused-ring (bicyclic) bond motifs is 3. The van der Waals surface area contributed by atoms with E-state index >= 15 is 0 Å². The van der Waals surface area contributed by atoms with Gasteiger partial charge in [0.1, 0.15) is 23.4 Å². The molecular weight excluding hydrogens is 835 g/mol. The first-order valence-corrected chi connectivity index (χ1v) is 21.6. The van der Waals surface area contributed by atoms with E-state index in [2.05, 4.69) is 38.5 Å². The number of thiocarbonyl (C=S) groups is 1. The topological polar surface area (TPSA) is 228 Å². The van der Waals surface area contributed by atoms with Gasteiger partial charge < -0.3 is 64.0 Å². The second-order valence-electron chi connectivity index (χ2n) is 14.5. The van der Waals surface area contributed by atoms with Crippen LogP contribution in [0.3, 0.4) is 0 Å². The van der Waals surface area contributed by atoms with E-state index in [9.17, 15) is 4.79 Å². The van der Waals surface area contributed by atoms with Gasteiger partial charge in [0, 0.05) is 25.2 Å². The van der Waals surface area contributed by atoms with E-state index < -0.39 is 0 Å². The third-order valence-corrected chi connectivity index (χ3v) is 10.0. The Labute approximate surface area is 372 Å². The van der Waals surface area contributed by atoms with E-state index in [0.717, 1.165) is 28.1 Å². The molecule has 0 unspecified atom stereocenters. The van der Waals surface area contributed by atoms with Crippen molar-refractivity contribution in [1.82, 2.24) is 34.9 Å². The number of nitrogens with two attached hydrogens (primary N) is 2. The number of carbonyl (C=O) groups excluding carboxylic acids is 1. The summed E-state index contributed by atoms with van der Waals surface area (Å²) in [4.78, 5) is 28.7. The Bertz CT molecular complexity index is 2190. The highest BCUT2D eigenvalue weighted by molar-refractivity contribution is 7.80. The Kier molecular flexibility index (Phi) is 19.7. The van der Waals surface area contributed by atoms with Crippen LogP contribution in [0.25, 0.3) is 33.4 Å². The predicted molar refractivity (Wildman–Crippen MR) is 239 cm³/mol. The first-order chi connectivity index (χ1) is 30.9. The largest absolute Gasteiger partial charge is 0.424 e. The molecule has 342 valence electrons. The monoisotopic (exact) mass is 893 g/mol. The van der Waals surface area contributed by atoms with Gasteiger partial charge in [-0.1, -0.05) is 30.4 Å². The molecule has 5 N–H and O–H groups in total. The third-order valence-electron chi connectivity index (χ3n) is 9.89. The molecule has 0 atom stereocenters. The molecule has 0 radical (unpaired) electrons. The molecule has 1 aliphatic heterocycles. The van der Waals surface area contributed by atoms with Crippen LogP contribution in [0.4, 0.5) is 11.8 Å². The molecule has 0 saturated carbocycles. The smallest absolute Gasteiger partial charge is 0.292 e. The van der Waals surface area contributed by atoms with Gasteiger partial charge in [0.15, 0.2) is 11.2 Å². The van der Waals surface area contributed by atoms with E-state index in [-0.39, 0.29) is 11.9 Å². The highest BCUT2D eigenvalue weighted by Gasteiger charge is 2.22. The Morgan fingerprint density at radius 3 is 1.98 bits per heavy atom. The lowest BCUT2D eigenvalue weighted by Crippen LogP contribution is -2.36. The summed E-state index contributed by atoms with van der Waals surface area (Å²) >= 11 is 4.94. The van der Waals surface area contributed by atoms with Crippen LogP contribution in [0.2, 0.25) is 0 Å². The van der Waals surface area contributed by atoms with Crippen molar-refractivity contribution in [2.75, 3.05) is 130 Å². The lowest BCUT2D eigenvalue weighted by atomic mass is 9.97. The van der Waals surface area contributed by atoms with Gasteiger partial charge >= 0.3 is 0 Å². The number of rotatable bonds is 30. The van der Waals surface area contributed by atoms with E-state index in [0.29, 0.717) is 172 Å². The number of hydrogen-bond donors (Lipinski definition) is 3. The standard InChI is InChI=1S/C43H59N9O10S/c1-31(63)46-8-11-55-13-15-57-17-19-59-21-23-61-25-24-60-22-20-58-18-16-56-14-12-54-10-7-38(53)51-9-6-33-26-32(2-3-35(33)29-51)28-52-42-39(41(44)47-30-48-42)40(50-52)34-4-5-37-36(27-34)49-43(45)62-37/h2-5,26-27,30H,6-25,28-29H2,1H3,(H2,45,49)(H,46,63)(H2,44,47,48). The maximum Gasteiger partial charge on any atom is 0.292 e. The second-order valence-corrected chi connectivity index (χ2v) is 15.1. The summed E-state index contributed by atoms with van der Waals surface area (Å²) in [6.07, 6.45) is 2.51. The molecule has 2 aromatic carbocycles. The number of benzene rings is 2. The molecule has 0 saturated heterocycles. The fourth-order valence-corrected chi connectivity index (χ4v) is 6.89. The molecule has 5 aromatic rings. The van der Waals surface area contributed by atoms with Gasteiger partial charge in [0.05, 0.1) is 129 Å². The van der Waals surface area contributed by atoms with Gasteiger partial charge in [-0.25, -0.2) is 14.6 Å². The maximum atomic E-state index is 13.0. The Morgan fingerprint density at radius 2 is 1.37 bits per heavy atom. The van der Waals surface area contributed by atoms with Crippen molar-refractivity contribution in [3.63, 3.8) is 0 Å². The fourth-order valence-electron chi connectivity index (χ4n) is 6.78. The third kappa shape index (κ3) is 15.4. The van der Waals surface area contributed by atoms with Gasteiger partial charge in [-0.05, 0) is 48.2 Å². The zero-order chi connectivity index (χ0) is 44.1. The summed E-state index contributed by atoms with van der Waals surface area (Å²) in [7, 11) is 0. The van der Waals surface area contributed by atoms with Gasteiger partial charge in [0.2, 0.25) is 5.91 Å². The molecule has 6 rings (SSSR count). The lowest BCUT2D eigenvalue weighted by molar-refractivity contribution is -0.133. The van der Waals surface area contributed by atoms with Gasteiger partial charge in [0.25, 0.3) is 6.01 Å². The molecule has 0 bridgehead atoms. The number of nitrogens with zero attached hydrogens (tertiary/aromatic N) is 6. The predicted octanol–water partition coefficient (Wildman–Crippen LogP) is 3.19. The number of ether oxygens (including phenoxy) is 8. The van der Waals surface area contributed by atoms with Gasteiger partial charge in [-0.3, -0.25) is 4.79 Å². The summed E-state index contributed by atoms with van der Waals surface area (Å²) in [6, 6.07) is 12.0. The molecule has 63 heavy (non-hydrogen) atoms. The second kappa shape index (κ2) is 26.0. The Balaban J connectivity index is 0.757. The Hall–Kier alpha value is -4.90. The maximum absolute atomic E-state index is 13.0. The van der Waals surface area contributed by atoms with Crippen LogP contribution in [0.5, 0.6) is 0 Å².